The van der Waals surface area contributed by atoms with Crippen molar-refractivity contribution in [3.63, 3.8) is 0 Å². The van der Waals surface area contributed by atoms with Gasteiger partial charge in [-0.15, -0.1) is 0 Å². The van der Waals surface area contributed by atoms with Crippen LogP contribution < -0.4 is 5.32 Å². The van der Waals surface area contributed by atoms with Crippen LogP contribution in [-0.2, 0) is 0 Å². The Balaban J connectivity index is 2.24. The van der Waals surface area contributed by atoms with Crippen molar-refractivity contribution >= 4 is 28.9 Å². The smallest absolute Gasteiger partial charge is 0.270 e. The van der Waals surface area contributed by atoms with Crippen molar-refractivity contribution in [2.75, 3.05) is 5.32 Å². The number of carbonyl (C=O) groups is 1. The number of nitrogens with one attached hydrogen (secondary N) is 1. The molecule has 0 atom stereocenters. The third-order valence-electron chi connectivity index (χ3n) is 2.50. The molecule has 1 amide bonds. The highest BCUT2D eigenvalue weighted by atomic mass is 35.5. The normalized spacial score (nSPS) is 10.1. The van der Waals surface area contributed by atoms with Crippen molar-refractivity contribution in [3.8, 4) is 0 Å². The van der Waals surface area contributed by atoms with E-state index in [0.717, 1.165) is 12.1 Å². The Bertz CT molecular complexity index is 691. The van der Waals surface area contributed by atoms with Gasteiger partial charge in [-0.3, -0.25) is 14.9 Å². The third-order valence-corrected chi connectivity index (χ3v) is 2.73. The van der Waals surface area contributed by atoms with Crippen LogP contribution in [0, 0.1) is 15.9 Å². The Morgan fingerprint density at radius 3 is 2.65 bits per heavy atom. The number of hydrogen-bond acceptors (Lipinski definition) is 3. The molecule has 0 heterocycles. The SMILES string of the molecule is O=C(Nc1ccc(Cl)cc1F)c1cccc([N+](=O)[O-])c1. The molecule has 0 bridgehead atoms. The van der Waals surface area contributed by atoms with E-state index in [1.807, 2.05) is 0 Å². The van der Waals surface area contributed by atoms with Crippen molar-refractivity contribution < 1.29 is 14.1 Å². The molecule has 2 aromatic rings. The van der Waals surface area contributed by atoms with E-state index in [1.165, 1.54) is 30.3 Å². The number of benzene rings is 2. The van der Waals surface area contributed by atoms with E-state index < -0.39 is 16.6 Å². The van der Waals surface area contributed by atoms with Crippen molar-refractivity contribution in [2.24, 2.45) is 0 Å². The molecule has 0 fully saturated rings. The van der Waals surface area contributed by atoms with Crippen LogP contribution in [-0.4, -0.2) is 10.8 Å². The molecule has 0 spiro atoms. The predicted octanol–water partition coefficient (Wildman–Crippen LogP) is 3.64. The van der Waals surface area contributed by atoms with Gasteiger partial charge >= 0.3 is 0 Å². The lowest BCUT2D eigenvalue weighted by molar-refractivity contribution is -0.384. The van der Waals surface area contributed by atoms with Gasteiger partial charge in [0.2, 0.25) is 0 Å². The summed E-state index contributed by atoms with van der Waals surface area (Å²) in [5, 5.41) is 13.2. The minimum absolute atomic E-state index is 0.0501. The summed E-state index contributed by atoms with van der Waals surface area (Å²) in [5.74, 6) is -1.33. The number of amides is 1. The van der Waals surface area contributed by atoms with Gasteiger partial charge < -0.3 is 5.32 Å². The predicted molar refractivity (Wildman–Crippen MR) is 72.5 cm³/mol. The number of nitro benzene ring substituents is 1. The van der Waals surface area contributed by atoms with E-state index in [1.54, 1.807) is 0 Å². The Morgan fingerprint density at radius 1 is 1.25 bits per heavy atom. The van der Waals surface area contributed by atoms with E-state index in [9.17, 15) is 19.3 Å². The van der Waals surface area contributed by atoms with Crippen molar-refractivity contribution in [1.29, 1.82) is 0 Å². The summed E-state index contributed by atoms with van der Waals surface area (Å²) in [6, 6.07) is 8.95. The van der Waals surface area contributed by atoms with Crippen LogP contribution in [0.3, 0.4) is 0 Å². The molecule has 0 aliphatic carbocycles. The highest BCUT2D eigenvalue weighted by Crippen LogP contribution is 2.20. The van der Waals surface area contributed by atoms with Crippen LogP contribution in [0.25, 0.3) is 0 Å². The zero-order valence-electron chi connectivity index (χ0n) is 9.97. The summed E-state index contributed by atoms with van der Waals surface area (Å²) in [7, 11) is 0. The first kappa shape index (κ1) is 14.0. The van der Waals surface area contributed by atoms with E-state index in [2.05, 4.69) is 5.32 Å². The molecular formula is C13H8ClFN2O3. The van der Waals surface area contributed by atoms with Gasteiger partial charge in [0.15, 0.2) is 0 Å². The van der Waals surface area contributed by atoms with Gasteiger partial charge in [0.25, 0.3) is 11.6 Å². The average molecular weight is 295 g/mol. The van der Waals surface area contributed by atoms with Gasteiger partial charge in [0, 0.05) is 22.7 Å². The number of rotatable bonds is 3. The second kappa shape index (κ2) is 5.66. The van der Waals surface area contributed by atoms with Crippen molar-refractivity contribution in [2.45, 2.75) is 0 Å². The lowest BCUT2D eigenvalue weighted by Crippen LogP contribution is -2.13. The number of non-ortho nitro benzene ring substituents is 1. The Hall–Kier alpha value is -2.47. The first-order chi connectivity index (χ1) is 9.47. The molecule has 7 heteroatoms. The number of nitro groups is 1. The summed E-state index contributed by atoms with van der Waals surface area (Å²) in [6.07, 6.45) is 0. The number of nitrogens with zero attached hydrogens (tertiary/aromatic N) is 1. The van der Waals surface area contributed by atoms with Crippen LogP contribution >= 0.6 is 11.6 Å². The molecule has 0 aliphatic heterocycles. The van der Waals surface area contributed by atoms with Crippen LogP contribution in [0.4, 0.5) is 15.8 Å². The van der Waals surface area contributed by atoms with E-state index in [4.69, 9.17) is 11.6 Å². The quantitative estimate of drug-likeness (QED) is 0.694. The third kappa shape index (κ3) is 3.10. The van der Waals surface area contributed by atoms with Gasteiger partial charge in [-0.2, -0.15) is 0 Å². The summed E-state index contributed by atoms with van der Waals surface area (Å²) in [5.41, 5.74) is -0.200. The molecule has 0 saturated carbocycles. The van der Waals surface area contributed by atoms with Gasteiger partial charge in [-0.05, 0) is 24.3 Å². The molecule has 2 aromatic carbocycles. The molecule has 0 saturated heterocycles. The summed E-state index contributed by atoms with van der Waals surface area (Å²) >= 11 is 5.60. The maximum absolute atomic E-state index is 13.5. The molecule has 2 rings (SSSR count). The van der Waals surface area contributed by atoms with E-state index in [-0.39, 0.29) is 22.0 Å². The van der Waals surface area contributed by atoms with Crippen LogP contribution in [0.5, 0.6) is 0 Å². The topological polar surface area (TPSA) is 72.2 Å². The van der Waals surface area contributed by atoms with Gasteiger partial charge in [-0.1, -0.05) is 17.7 Å². The first-order valence-electron chi connectivity index (χ1n) is 5.48. The molecule has 1 N–H and O–H groups in total. The molecule has 20 heavy (non-hydrogen) atoms. The second-order valence-electron chi connectivity index (χ2n) is 3.89. The van der Waals surface area contributed by atoms with Crippen LogP contribution in [0.2, 0.25) is 5.02 Å². The van der Waals surface area contributed by atoms with Crippen LogP contribution in [0.15, 0.2) is 42.5 Å². The van der Waals surface area contributed by atoms with E-state index in [0.29, 0.717) is 0 Å². The molecule has 5 nitrogen and oxygen atoms in total. The minimum atomic E-state index is -0.684. The zero-order chi connectivity index (χ0) is 14.7. The molecule has 0 radical (unpaired) electrons. The fourth-order valence-electron chi connectivity index (χ4n) is 1.55. The monoisotopic (exact) mass is 294 g/mol. The number of anilines is 1. The summed E-state index contributed by atoms with van der Waals surface area (Å²) in [6.45, 7) is 0. The molecule has 0 aliphatic rings. The molecule has 102 valence electrons. The van der Waals surface area contributed by atoms with Gasteiger partial charge in [0.1, 0.15) is 5.82 Å². The Kier molecular flexibility index (Phi) is 3.95. The highest BCUT2D eigenvalue weighted by Gasteiger charge is 2.13. The number of carbonyl (C=O) groups excluding carboxylic acids is 1. The first-order valence-corrected chi connectivity index (χ1v) is 5.86. The van der Waals surface area contributed by atoms with Crippen molar-refractivity contribution in [3.05, 3.63) is 69.0 Å². The van der Waals surface area contributed by atoms with Crippen LogP contribution in [0.1, 0.15) is 10.4 Å². The van der Waals surface area contributed by atoms with Gasteiger partial charge in [0.05, 0.1) is 10.6 Å². The standard InChI is InChI=1S/C13H8ClFN2O3/c14-9-4-5-12(11(15)7-9)16-13(18)8-2-1-3-10(6-8)17(19)20/h1-7H,(H,16,18). The Morgan fingerprint density at radius 2 is 2.00 bits per heavy atom. The maximum Gasteiger partial charge on any atom is 0.270 e. The Labute approximate surface area is 118 Å². The second-order valence-corrected chi connectivity index (χ2v) is 4.32. The number of hydrogen-bond donors (Lipinski definition) is 1. The lowest BCUT2D eigenvalue weighted by Gasteiger charge is -2.06. The average Bonchev–Trinajstić information content (AvgIpc) is 2.42. The highest BCUT2D eigenvalue weighted by molar-refractivity contribution is 6.30. The largest absolute Gasteiger partial charge is 0.319 e. The molecule has 0 aromatic heterocycles. The summed E-state index contributed by atoms with van der Waals surface area (Å²) < 4.78 is 13.5. The minimum Gasteiger partial charge on any atom is -0.319 e. The lowest BCUT2D eigenvalue weighted by atomic mass is 10.2. The summed E-state index contributed by atoms with van der Waals surface area (Å²) in [4.78, 5) is 21.9. The maximum atomic E-state index is 13.5. The molecule has 0 unspecified atom stereocenters. The van der Waals surface area contributed by atoms with E-state index >= 15 is 0 Å². The fourth-order valence-corrected chi connectivity index (χ4v) is 1.70. The van der Waals surface area contributed by atoms with Crippen molar-refractivity contribution in [1.82, 2.24) is 0 Å². The molecular weight excluding hydrogens is 287 g/mol. The zero-order valence-corrected chi connectivity index (χ0v) is 10.7. The van der Waals surface area contributed by atoms with Gasteiger partial charge in [-0.25, -0.2) is 4.39 Å². The number of halogens is 2. The fraction of sp³-hybridized carbons (Fsp3) is 0.